The molecule has 0 spiro atoms. The largest absolute Gasteiger partial charge is 0.493 e. The molecule has 22 heavy (non-hydrogen) atoms. The van der Waals surface area contributed by atoms with Crippen LogP contribution in [0.1, 0.15) is 24.5 Å². The Morgan fingerprint density at radius 3 is 2.27 bits per heavy atom. The number of ether oxygens (including phenoxy) is 1. The van der Waals surface area contributed by atoms with Gasteiger partial charge in [0.25, 0.3) is 0 Å². The highest BCUT2D eigenvalue weighted by atomic mass is 32.2. The average Bonchev–Trinajstić information content (AvgIpc) is 2.49. The lowest BCUT2D eigenvalue weighted by Crippen LogP contribution is -2.10. The van der Waals surface area contributed by atoms with Crippen molar-refractivity contribution in [3.63, 3.8) is 0 Å². The van der Waals surface area contributed by atoms with E-state index in [1.165, 1.54) is 19.2 Å². The Bertz CT molecular complexity index is 734. The number of benzene rings is 2. The van der Waals surface area contributed by atoms with E-state index >= 15 is 0 Å². The van der Waals surface area contributed by atoms with Crippen LogP contribution in [0.4, 0.5) is 0 Å². The molecule has 0 atom stereocenters. The standard InChI is InChI=1S/C17H20O4S/c1-4-5-14-8-11-16(17(12-14)20-3)21-22(18,19)15-9-6-13(2)7-10-15/h6-12H,4-5H2,1-3H3. The molecule has 0 heterocycles. The van der Waals surface area contributed by atoms with Crippen LogP contribution in [0, 0.1) is 6.92 Å². The van der Waals surface area contributed by atoms with E-state index in [9.17, 15) is 8.42 Å². The lowest BCUT2D eigenvalue weighted by Gasteiger charge is -2.12. The molecule has 0 N–H and O–H groups in total. The molecule has 0 aliphatic carbocycles. The molecular weight excluding hydrogens is 300 g/mol. The first-order chi connectivity index (χ1) is 10.5. The van der Waals surface area contributed by atoms with Crippen molar-refractivity contribution in [3.05, 3.63) is 53.6 Å². The van der Waals surface area contributed by atoms with Gasteiger partial charge in [-0.25, -0.2) is 0 Å². The minimum Gasteiger partial charge on any atom is -0.493 e. The van der Waals surface area contributed by atoms with Crippen molar-refractivity contribution in [2.45, 2.75) is 31.6 Å². The van der Waals surface area contributed by atoms with Gasteiger partial charge in [0.05, 0.1) is 7.11 Å². The van der Waals surface area contributed by atoms with E-state index in [0.29, 0.717) is 5.75 Å². The van der Waals surface area contributed by atoms with Gasteiger partial charge in [-0.2, -0.15) is 8.42 Å². The minimum atomic E-state index is -3.87. The molecule has 0 saturated carbocycles. The molecule has 0 radical (unpaired) electrons. The van der Waals surface area contributed by atoms with E-state index in [-0.39, 0.29) is 10.6 Å². The second-order valence-corrected chi connectivity index (χ2v) is 6.63. The van der Waals surface area contributed by atoms with Gasteiger partial charge in [-0.1, -0.05) is 37.1 Å². The van der Waals surface area contributed by atoms with Gasteiger partial charge in [-0.15, -0.1) is 0 Å². The van der Waals surface area contributed by atoms with Gasteiger partial charge < -0.3 is 8.92 Å². The molecule has 0 saturated heterocycles. The van der Waals surface area contributed by atoms with Crippen LogP contribution in [0.3, 0.4) is 0 Å². The zero-order chi connectivity index (χ0) is 16.2. The van der Waals surface area contributed by atoms with E-state index in [0.717, 1.165) is 24.0 Å². The summed E-state index contributed by atoms with van der Waals surface area (Å²) in [6.45, 7) is 3.98. The van der Waals surface area contributed by atoms with E-state index in [1.54, 1.807) is 18.2 Å². The van der Waals surface area contributed by atoms with Gasteiger partial charge in [0.1, 0.15) is 4.90 Å². The Morgan fingerprint density at radius 1 is 1.00 bits per heavy atom. The fourth-order valence-electron chi connectivity index (χ4n) is 2.10. The third-order valence-electron chi connectivity index (χ3n) is 3.28. The van der Waals surface area contributed by atoms with Crippen LogP contribution in [0.15, 0.2) is 47.4 Å². The second-order valence-electron chi connectivity index (χ2n) is 5.09. The van der Waals surface area contributed by atoms with E-state index in [4.69, 9.17) is 8.92 Å². The molecule has 0 aromatic heterocycles. The number of hydrogen-bond acceptors (Lipinski definition) is 4. The molecule has 0 amide bonds. The number of rotatable bonds is 6. The molecule has 0 bridgehead atoms. The highest BCUT2D eigenvalue weighted by Gasteiger charge is 2.19. The maximum Gasteiger partial charge on any atom is 0.339 e. The van der Waals surface area contributed by atoms with Crippen LogP contribution in [-0.4, -0.2) is 15.5 Å². The number of aryl methyl sites for hydroxylation is 2. The molecule has 0 unspecified atom stereocenters. The molecule has 2 aromatic carbocycles. The fourth-order valence-corrected chi connectivity index (χ4v) is 3.04. The quantitative estimate of drug-likeness (QED) is 0.761. The third-order valence-corrected chi connectivity index (χ3v) is 4.52. The van der Waals surface area contributed by atoms with Crippen LogP contribution in [0.5, 0.6) is 11.5 Å². The van der Waals surface area contributed by atoms with Crippen LogP contribution in [-0.2, 0) is 16.5 Å². The van der Waals surface area contributed by atoms with E-state index < -0.39 is 10.1 Å². The molecular formula is C17H20O4S. The monoisotopic (exact) mass is 320 g/mol. The van der Waals surface area contributed by atoms with E-state index in [2.05, 4.69) is 6.92 Å². The maximum absolute atomic E-state index is 12.3. The first-order valence-electron chi connectivity index (χ1n) is 7.14. The molecule has 0 aliphatic heterocycles. The van der Waals surface area contributed by atoms with Crippen molar-refractivity contribution in [1.82, 2.24) is 0 Å². The van der Waals surface area contributed by atoms with Crippen molar-refractivity contribution >= 4 is 10.1 Å². The lowest BCUT2D eigenvalue weighted by molar-refractivity contribution is 0.390. The Kier molecular flexibility index (Phi) is 5.08. The van der Waals surface area contributed by atoms with Gasteiger partial charge >= 0.3 is 10.1 Å². The number of methoxy groups -OCH3 is 1. The summed E-state index contributed by atoms with van der Waals surface area (Å²) in [6.07, 6.45) is 1.91. The topological polar surface area (TPSA) is 52.6 Å². The summed E-state index contributed by atoms with van der Waals surface area (Å²) in [6, 6.07) is 11.8. The molecule has 2 rings (SSSR count). The smallest absolute Gasteiger partial charge is 0.339 e. The van der Waals surface area contributed by atoms with Crippen LogP contribution < -0.4 is 8.92 Å². The van der Waals surface area contributed by atoms with Crippen molar-refractivity contribution in [2.75, 3.05) is 7.11 Å². The maximum atomic E-state index is 12.3. The molecule has 2 aromatic rings. The van der Waals surface area contributed by atoms with Crippen molar-refractivity contribution in [3.8, 4) is 11.5 Å². The summed E-state index contributed by atoms with van der Waals surface area (Å²) < 4.78 is 35.1. The summed E-state index contributed by atoms with van der Waals surface area (Å²) in [5.41, 5.74) is 2.07. The molecule has 0 aliphatic rings. The Morgan fingerprint density at radius 2 is 1.68 bits per heavy atom. The van der Waals surface area contributed by atoms with Crippen molar-refractivity contribution in [1.29, 1.82) is 0 Å². The molecule has 5 heteroatoms. The van der Waals surface area contributed by atoms with Crippen molar-refractivity contribution < 1.29 is 17.3 Å². The number of hydrogen-bond donors (Lipinski definition) is 0. The first kappa shape index (κ1) is 16.4. The summed E-state index contributed by atoms with van der Waals surface area (Å²) in [5.74, 6) is 0.615. The lowest BCUT2D eigenvalue weighted by atomic mass is 10.1. The van der Waals surface area contributed by atoms with E-state index in [1.807, 2.05) is 19.1 Å². The Hall–Kier alpha value is -2.01. The molecule has 0 fully saturated rings. The second kappa shape index (κ2) is 6.83. The normalized spacial score (nSPS) is 11.2. The first-order valence-corrected chi connectivity index (χ1v) is 8.55. The van der Waals surface area contributed by atoms with Crippen LogP contribution in [0.2, 0.25) is 0 Å². The van der Waals surface area contributed by atoms with Crippen molar-refractivity contribution in [2.24, 2.45) is 0 Å². The Labute approximate surface area is 131 Å². The minimum absolute atomic E-state index is 0.123. The zero-order valence-electron chi connectivity index (χ0n) is 13.0. The fraction of sp³-hybridized carbons (Fsp3) is 0.294. The van der Waals surface area contributed by atoms with Gasteiger partial charge in [0.2, 0.25) is 0 Å². The van der Waals surface area contributed by atoms with Gasteiger partial charge in [0.15, 0.2) is 11.5 Å². The van der Waals surface area contributed by atoms with Crippen LogP contribution >= 0.6 is 0 Å². The predicted molar refractivity (Wildman–Crippen MR) is 86.0 cm³/mol. The summed E-state index contributed by atoms with van der Waals surface area (Å²) in [7, 11) is -2.37. The zero-order valence-corrected chi connectivity index (χ0v) is 13.8. The van der Waals surface area contributed by atoms with Gasteiger partial charge in [-0.05, 0) is 43.2 Å². The van der Waals surface area contributed by atoms with Crippen LogP contribution in [0.25, 0.3) is 0 Å². The third kappa shape index (κ3) is 3.80. The highest BCUT2D eigenvalue weighted by molar-refractivity contribution is 7.87. The SMILES string of the molecule is CCCc1ccc(OS(=O)(=O)c2ccc(C)cc2)c(OC)c1. The summed E-state index contributed by atoms with van der Waals surface area (Å²) >= 11 is 0. The Balaban J connectivity index is 2.31. The predicted octanol–water partition coefficient (Wildman–Crippen LogP) is 3.72. The average molecular weight is 320 g/mol. The molecule has 118 valence electrons. The van der Waals surface area contributed by atoms with Gasteiger partial charge in [-0.3, -0.25) is 0 Å². The summed E-state index contributed by atoms with van der Waals surface area (Å²) in [5, 5.41) is 0. The molecule has 4 nitrogen and oxygen atoms in total. The summed E-state index contributed by atoms with van der Waals surface area (Å²) in [4.78, 5) is 0.123. The highest BCUT2D eigenvalue weighted by Crippen LogP contribution is 2.31. The van der Waals surface area contributed by atoms with Gasteiger partial charge in [0, 0.05) is 0 Å².